The number of aliphatic hydroxyl groups is 1. The van der Waals surface area contributed by atoms with Gasteiger partial charge in [0.2, 0.25) is 0 Å². The predicted molar refractivity (Wildman–Crippen MR) is 121 cm³/mol. The van der Waals surface area contributed by atoms with E-state index >= 15 is 0 Å². The quantitative estimate of drug-likeness (QED) is 0.672. The minimum absolute atomic E-state index is 0.0516. The smallest absolute Gasteiger partial charge is 0.282 e. The van der Waals surface area contributed by atoms with Gasteiger partial charge in [-0.1, -0.05) is 24.3 Å². The van der Waals surface area contributed by atoms with Gasteiger partial charge in [-0.05, 0) is 43.9 Å². The Bertz CT molecular complexity index is 1050. The van der Waals surface area contributed by atoms with Crippen molar-refractivity contribution >= 4 is 23.1 Å². The maximum absolute atomic E-state index is 13.7. The first-order valence-electron chi connectivity index (χ1n) is 10.9. The Kier molecular flexibility index (Phi) is 6.46. The summed E-state index contributed by atoms with van der Waals surface area (Å²) in [6, 6.07) is 14.2. The summed E-state index contributed by atoms with van der Waals surface area (Å²) in [5.74, 6) is 0.420. The Hall–Kier alpha value is -3.32. The molecule has 7 heteroatoms. The van der Waals surface area contributed by atoms with Crippen molar-refractivity contribution in [2.75, 3.05) is 38.3 Å². The van der Waals surface area contributed by atoms with Gasteiger partial charge in [0.15, 0.2) is 0 Å². The first-order chi connectivity index (χ1) is 15.6. The lowest BCUT2D eigenvalue weighted by Crippen LogP contribution is -2.40. The van der Waals surface area contributed by atoms with Gasteiger partial charge in [-0.3, -0.25) is 9.59 Å². The number of para-hydroxylation sites is 1. The van der Waals surface area contributed by atoms with E-state index in [2.05, 4.69) is 0 Å². The number of carbonyl (C=O) groups is 2. The number of rotatable bonds is 7. The van der Waals surface area contributed by atoms with Gasteiger partial charge in [-0.2, -0.15) is 0 Å². The van der Waals surface area contributed by atoms with Crippen molar-refractivity contribution in [2.45, 2.75) is 19.8 Å². The van der Waals surface area contributed by atoms with Gasteiger partial charge in [0.05, 0.1) is 25.0 Å². The number of imide groups is 1. The molecule has 1 unspecified atom stereocenters. The van der Waals surface area contributed by atoms with Crippen LogP contribution >= 0.6 is 0 Å². The number of benzene rings is 2. The van der Waals surface area contributed by atoms with Gasteiger partial charge in [0.1, 0.15) is 17.2 Å². The number of aliphatic hydroxyl groups excluding tert-OH is 1. The molecule has 0 aromatic heterocycles. The Labute approximate surface area is 187 Å². The standard InChI is InChI=1S/C25H28N2O5/c1-3-32-19-10-6-9-18(14-19)27-24(29)22(20-11-4-5-12-21(20)31-2)23(25(27)30)26-13-7-8-17(15-26)16-28/h4-6,9-12,14,17,28H,3,7-8,13,15-16H2,1-2H3. The minimum atomic E-state index is -0.394. The second-order valence-electron chi connectivity index (χ2n) is 7.94. The monoisotopic (exact) mass is 436 g/mol. The van der Waals surface area contributed by atoms with Gasteiger partial charge < -0.3 is 19.5 Å². The molecule has 7 nitrogen and oxygen atoms in total. The fourth-order valence-electron chi connectivity index (χ4n) is 4.44. The molecule has 0 radical (unpaired) electrons. The molecule has 0 saturated carbocycles. The molecule has 1 saturated heterocycles. The fraction of sp³-hybridized carbons (Fsp3) is 0.360. The normalized spacial score (nSPS) is 19.0. The molecular formula is C25H28N2O5. The number of ether oxygens (including phenoxy) is 2. The number of amides is 2. The lowest BCUT2D eigenvalue weighted by molar-refractivity contribution is -0.120. The van der Waals surface area contributed by atoms with E-state index in [1.54, 1.807) is 43.5 Å². The number of nitrogens with zero attached hydrogens (tertiary/aromatic N) is 2. The Morgan fingerprint density at radius 2 is 1.91 bits per heavy atom. The molecule has 2 aliphatic heterocycles. The molecule has 2 aliphatic rings. The van der Waals surface area contributed by atoms with Gasteiger partial charge in [-0.15, -0.1) is 0 Å². The van der Waals surface area contributed by atoms with Crippen LogP contribution in [0.2, 0.25) is 0 Å². The zero-order valence-electron chi connectivity index (χ0n) is 18.4. The molecule has 2 aromatic rings. The van der Waals surface area contributed by atoms with Gasteiger partial charge in [0.25, 0.3) is 11.8 Å². The molecule has 1 fully saturated rings. The van der Waals surface area contributed by atoms with Crippen LogP contribution in [0.4, 0.5) is 5.69 Å². The van der Waals surface area contributed by atoms with Crippen LogP contribution in [0, 0.1) is 5.92 Å². The lowest BCUT2D eigenvalue weighted by Gasteiger charge is -2.34. The molecule has 0 bridgehead atoms. The Morgan fingerprint density at radius 3 is 2.66 bits per heavy atom. The summed E-state index contributed by atoms with van der Waals surface area (Å²) in [5, 5.41) is 9.71. The number of carbonyl (C=O) groups excluding carboxylic acids is 2. The highest BCUT2D eigenvalue weighted by Gasteiger charge is 2.44. The van der Waals surface area contributed by atoms with Crippen LogP contribution in [0.1, 0.15) is 25.3 Å². The molecular weight excluding hydrogens is 408 g/mol. The lowest BCUT2D eigenvalue weighted by atomic mass is 9.96. The maximum Gasteiger partial charge on any atom is 0.282 e. The summed E-state index contributed by atoms with van der Waals surface area (Å²) in [5.41, 5.74) is 1.73. The summed E-state index contributed by atoms with van der Waals surface area (Å²) >= 11 is 0. The molecule has 1 atom stereocenters. The second kappa shape index (κ2) is 9.44. The number of piperidine rings is 1. The highest BCUT2D eigenvalue weighted by molar-refractivity contribution is 6.45. The van der Waals surface area contributed by atoms with Crippen molar-refractivity contribution in [3.05, 3.63) is 59.8 Å². The van der Waals surface area contributed by atoms with E-state index in [1.807, 2.05) is 24.0 Å². The van der Waals surface area contributed by atoms with Crippen LogP contribution in [0.25, 0.3) is 5.57 Å². The van der Waals surface area contributed by atoms with Crippen LogP contribution in [0.15, 0.2) is 54.2 Å². The molecule has 2 amide bonds. The van der Waals surface area contributed by atoms with Crippen LogP contribution in [0.3, 0.4) is 0 Å². The van der Waals surface area contributed by atoms with Crippen LogP contribution < -0.4 is 14.4 Å². The van der Waals surface area contributed by atoms with E-state index in [0.717, 1.165) is 12.8 Å². The molecule has 4 rings (SSSR count). The van der Waals surface area contributed by atoms with Crippen LogP contribution in [0.5, 0.6) is 11.5 Å². The minimum Gasteiger partial charge on any atom is -0.496 e. The van der Waals surface area contributed by atoms with E-state index in [9.17, 15) is 14.7 Å². The van der Waals surface area contributed by atoms with E-state index in [4.69, 9.17) is 9.47 Å². The zero-order valence-corrected chi connectivity index (χ0v) is 18.4. The van der Waals surface area contributed by atoms with Crippen molar-refractivity contribution < 1.29 is 24.2 Å². The van der Waals surface area contributed by atoms with E-state index in [0.29, 0.717) is 53.7 Å². The predicted octanol–water partition coefficient (Wildman–Crippen LogP) is 3.08. The molecule has 0 spiro atoms. The van der Waals surface area contributed by atoms with E-state index in [1.165, 1.54) is 4.90 Å². The molecule has 0 aliphatic carbocycles. The Balaban J connectivity index is 1.83. The average molecular weight is 437 g/mol. The third kappa shape index (κ3) is 3.96. The summed E-state index contributed by atoms with van der Waals surface area (Å²) in [6.07, 6.45) is 1.74. The molecule has 2 heterocycles. The number of likely N-dealkylation sites (tertiary alicyclic amines) is 1. The van der Waals surface area contributed by atoms with Crippen molar-refractivity contribution in [1.82, 2.24) is 4.90 Å². The highest BCUT2D eigenvalue weighted by atomic mass is 16.5. The van der Waals surface area contributed by atoms with E-state index in [-0.39, 0.29) is 18.4 Å². The number of methoxy groups -OCH3 is 1. The molecule has 1 N–H and O–H groups in total. The third-order valence-corrected chi connectivity index (χ3v) is 5.92. The highest BCUT2D eigenvalue weighted by Crippen LogP contribution is 2.39. The van der Waals surface area contributed by atoms with Gasteiger partial charge in [-0.25, -0.2) is 4.90 Å². The number of hydrogen-bond acceptors (Lipinski definition) is 6. The summed E-state index contributed by atoms with van der Waals surface area (Å²) < 4.78 is 11.1. The first-order valence-corrected chi connectivity index (χ1v) is 10.9. The largest absolute Gasteiger partial charge is 0.496 e. The topological polar surface area (TPSA) is 79.3 Å². The van der Waals surface area contributed by atoms with Crippen molar-refractivity contribution in [3.8, 4) is 11.5 Å². The molecule has 2 aromatic carbocycles. The second-order valence-corrected chi connectivity index (χ2v) is 7.94. The van der Waals surface area contributed by atoms with Crippen LogP contribution in [-0.2, 0) is 9.59 Å². The van der Waals surface area contributed by atoms with Gasteiger partial charge in [0, 0.05) is 31.3 Å². The summed E-state index contributed by atoms with van der Waals surface area (Å²) in [6.45, 7) is 3.59. The number of anilines is 1. The fourth-order valence-corrected chi connectivity index (χ4v) is 4.44. The first kappa shape index (κ1) is 21.9. The molecule has 32 heavy (non-hydrogen) atoms. The maximum atomic E-state index is 13.7. The average Bonchev–Trinajstić information content (AvgIpc) is 3.09. The Morgan fingerprint density at radius 1 is 1.09 bits per heavy atom. The SMILES string of the molecule is CCOc1cccc(N2C(=O)C(c3ccccc3OC)=C(N3CCCC(CO)C3)C2=O)c1. The molecule has 168 valence electrons. The summed E-state index contributed by atoms with van der Waals surface area (Å²) in [4.78, 5) is 30.6. The van der Waals surface area contributed by atoms with E-state index < -0.39 is 5.91 Å². The van der Waals surface area contributed by atoms with Crippen molar-refractivity contribution in [1.29, 1.82) is 0 Å². The zero-order chi connectivity index (χ0) is 22.7. The van der Waals surface area contributed by atoms with Crippen LogP contribution in [-0.4, -0.2) is 55.2 Å². The van der Waals surface area contributed by atoms with Gasteiger partial charge >= 0.3 is 0 Å². The summed E-state index contributed by atoms with van der Waals surface area (Å²) in [7, 11) is 1.55. The van der Waals surface area contributed by atoms with Crippen molar-refractivity contribution in [3.63, 3.8) is 0 Å². The third-order valence-electron chi connectivity index (χ3n) is 5.92. The number of hydrogen-bond donors (Lipinski definition) is 1. The van der Waals surface area contributed by atoms with Crippen molar-refractivity contribution in [2.24, 2.45) is 5.92 Å².